The Balaban J connectivity index is 1.86. The van der Waals surface area contributed by atoms with Crippen LogP contribution in [0, 0.1) is 0 Å². The Hall–Kier alpha value is -2.01. The molecule has 3 rings (SSSR count). The second kappa shape index (κ2) is 8.56. The van der Waals surface area contributed by atoms with Crippen molar-refractivity contribution in [2.24, 2.45) is 0 Å². The van der Waals surface area contributed by atoms with E-state index < -0.39 is 16.0 Å². The van der Waals surface area contributed by atoms with Crippen molar-refractivity contribution in [1.82, 2.24) is 9.46 Å². The molecule has 0 aliphatic carbocycles. The molecule has 0 atom stereocenters. The van der Waals surface area contributed by atoms with Crippen LogP contribution in [0.4, 0.5) is 0 Å². The van der Waals surface area contributed by atoms with Crippen molar-refractivity contribution in [2.45, 2.75) is 37.6 Å². The molecule has 0 unspecified atom stereocenters. The molecule has 150 valence electrons. The van der Waals surface area contributed by atoms with Gasteiger partial charge in [0, 0.05) is 23.5 Å². The molecule has 0 aliphatic rings. The fraction of sp³-hybridized carbons (Fsp3) is 0.333. The number of carbonyl (C=O) groups is 1. The van der Waals surface area contributed by atoms with E-state index in [2.05, 4.69) is 5.16 Å². The third kappa shape index (κ3) is 4.35. The van der Waals surface area contributed by atoms with Gasteiger partial charge in [0.25, 0.3) is 10.0 Å². The zero-order valence-corrected chi connectivity index (χ0v) is 18.1. The monoisotopic (exact) mass is 440 g/mol. The van der Waals surface area contributed by atoms with Crippen LogP contribution in [0.5, 0.6) is 0 Å². The van der Waals surface area contributed by atoms with Crippen LogP contribution < -0.4 is 0 Å². The van der Waals surface area contributed by atoms with Crippen LogP contribution in [0.15, 0.2) is 44.4 Å². The Morgan fingerprint density at radius 3 is 2.75 bits per heavy atom. The molecular weight excluding hydrogens is 420 g/mol. The highest BCUT2D eigenvalue weighted by Gasteiger charge is 2.29. The molecule has 10 heteroatoms. The number of nitrogens with zero attached hydrogens (tertiary/aromatic N) is 2. The number of thiophene rings is 2. The minimum atomic E-state index is -3.68. The van der Waals surface area contributed by atoms with E-state index in [-0.39, 0.29) is 22.6 Å². The fourth-order valence-electron chi connectivity index (χ4n) is 2.50. The highest BCUT2D eigenvalue weighted by molar-refractivity contribution is 7.91. The average molecular weight is 441 g/mol. The summed E-state index contributed by atoms with van der Waals surface area (Å²) in [5.41, 5.74) is 0.0520. The Morgan fingerprint density at radius 2 is 2.11 bits per heavy atom. The van der Waals surface area contributed by atoms with Crippen LogP contribution in [0.3, 0.4) is 0 Å². The molecule has 0 bridgehead atoms. The third-order valence-corrected chi connectivity index (χ3v) is 8.30. The summed E-state index contributed by atoms with van der Waals surface area (Å²) < 4.78 is 38.1. The smallest absolute Gasteiger partial charge is 0.360 e. The molecule has 3 heterocycles. The fourth-order valence-corrected chi connectivity index (χ4v) is 6.28. The normalized spacial score (nSPS) is 12.0. The Morgan fingerprint density at radius 1 is 1.32 bits per heavy atom. The minimum absolute atomic E-state index is 0.0520. The summed E-state index contributed by atoms with van der Waals surface area (Å²) in [6.07, 6.45) is 0. The first-order valence-electron chi connectivity index (χ1n) is 8.61. The van der Waals surface area contributed by atoms with E-state index in [9.17, 15) is 13.2 Å². The standard InChI is InChI=1S/C18H20N2O5S3/c1-4-24-18(21)14-10-15(25-19-14)16-7-8-17(27-16)28(22,23)20(12(2)3)11-13-6-5-9-26-13/h5-10,12H,4,11H2,1-3H3. The lowest BCUT2D eigenvalue weighted by atomic mass is 10.3. The SMILES string of the molecule is CCOC(=O)c1cc(-c2ccc(S(=O)(=O)N(Cc3cccs3)C(C)C)s2)on1. The predicted octanol–water partition coefficient (Wildman–Crippen LogP) is 4.24. The van der Waals surface area contributed by atoms with Crippen LogP contribution in [0.1, 0.15) is 36.1 Å². The van der Waals surface area contributed by atoms with Gasteiger partial charge in [-0.3, -0.25) is 0 Å². The van der Waals surface area contributed by atoms with Gasteiger partial charge in [-0.25, -0.2) is 13.2 Å². The van der Waals surface area contributed by atoms with Crippen LogP contribution in [0.2, 0.25) is 0 Å². The largest absolute Gasteiger partial charge is 0.461 e. The number of aromatic nitrogens is 1. The summed E-state index contributed by atoms with van der Waals surface area (Å²) in [5.74, 6) is -0.257. The molecule has 0 radical (unpaired) electrons. The molecule has 7 nitrogen and oxygen atoms in total. The first kappa shape index (κ1) is 20.7. The number of sulfonamides is 1. The summed E-state index contributed by atoms with van der Waals surface area (Å²) in [4.78, 5) is 13.3. The van der Waals surface area contributed by atoms with E-state index >= 15 is 0 Å². The van der Waals surface area contributed by atoms with Crippen LogP contribution in [-0.2, 0) is 21.3 Å². The molecule has 0 N–H and O–H groups in total. The maximum atomic E-state index is 13.2. The molecule has 0 amide bonds. The van der Waals surface area contributed by atoms with Gasteiger partial charge >= 0.3 is 5.97 Å². The lowest BCUT2D eigenvalue weighted by Crippen LogP contribution is -2.35. The molecule has 28 heavy (non-hydrogen) atoms. The highest BCUT2D eigenvalue weighted by Crippen LogP contribution is 2.34. The molecule has 0 saturated carbocycles. The van der Waals surface area contributed by atoms with Gasteiger partial charge in [-0.15, -0.1) is 22.7 Å². The first-order chi connectivity index (χ1) is 13.3. The minimum Gasteiger partial charge on any atom is -0.461 e. The molecular formula is C18H20N2O5S3. The molecule has 0 fully saturated rings. The molecule has 3 aromatic rings. The van der Waals surface area contributed by atoms with Crippen molar-refractivity contribution in [3.63, 3.8) is 0 Å². The van der Waals surface area contributed by atoms with Crippen molar-refractivity contribution in [3.05, 3.63) is 46.3 Å². The first-order valence-corrected chi connectivity index (χ1v) is 11.7. The molecule has 0 spiro atoms. The zero-order valence-electron chi connectivity index (χ0n) is 15.6. The number of carbonyl (C=O) groups excluding carboxylic acids is 1. The third-order valence-electron chi connectivity index (χ3n) is 3.85. The summed E-state index contributed by atoms with van der Waals surface area (Å²) in [6.45, 7) is 5.95. The second-order valence-corrected chi connectivity index (χ2v) is 10.4. The van der Waals surface area contributed by atoms with E-state index in [1.165, 1.54) is 21.7 Å². The Labute approximate surface area is 171 Å². The quantitative estimate of drug-likeness (QED) is 0.487. The summed E-state index contributed by atoms with van der Waals surface area (Å²) in [6, 6.07) is 8.27. The van der Waals surface area contributed by atoms with Gasteiger partial charge < -0.3 is 9.26 Å². The lowest BCUT2D eigenvalue weighted by molar-refractivity contribution is 0.0514. The van der Waals surface area contributed by atoms with Gasteiger partial charge in [-0.2, -0.15) is 4.31 Å². The molecule has 0 aliphatic heterocycles. The predicted molar refractivity (Wildman–Crippen MR) is 108 cm³/mol. The number of rotatable bonds is 8. The van der Waals surface area contributed by atoms with Gasteiger partial charge in [0.2, 0.25) is 0 Å². The summed E-state index contributed by atoms with van der Waals surface area (Å²) in [5, 5.41) is 5.62. The number of ether oxygens (including phenoxy) is 1. The van der Waals surface area contributed by atoms with E-state index in [0.717, 1.165) is 16.2 Å². The van der Waals surface area contributed by atoms with Gasteiger partial charge in [0.05, 0.1) is 11.5 Å². The van der Waals surface area contributed by atoms with E-state index in [4.69, 9.17) is 9.26 Å². The van der Waals surface area contributed by atoms with Crippen LogP contribution in [-0.4, -0.2) is 36.5 Å². The molecule has 0 aromatic carbocycles. The molecule has 3 aromatic heterocycles. The van der Waals surface area contributed by atoms with Gasteiger partial charge in [0.15, 0.2) is 11.5 Å². The molecule has 0 saturated heterocycles. The van der Waals surface area contributed by atoms with Gasteiger partial charge in [0.1, 0.15) is 4.21 Å². The number of esters is 1. The maximum absolute atomic E-state index is 13.2. The topological polar surface area (TPSA) is 89.7 Å². The van der Waals surface area contributed by atoms with Crippen molar-refractivity contribution < 1.29 is 22.5 Å². The number of hydrogen-bond acceptors (Lipinski definition) is 8. The summed E-state index contributed by atoms with van der Waals surface area (Å²) in [7, 11) is -3.68. The van der Waals surface area contributed by atoms with Gasteiger partial charge in [-0.1, -0.05) is 11.2 Å². The van der Waals surface area contributed by atoms with Gasteiger partial charge in [-0.05, 0) is 44.4 Å². The van der Waals surface area contributed by atoms with Crippen molar-refractivity contribution in [2.75, 3.05) is 6.61 Å². The average Bonchev–Trinajstić information content (AvgIpc) is 3.40. The van der Waals surface area contributed by atoms with E-state index in [1.54, 1.807) is 19.1 Å². The van der Waals surface area contributed by atoms with Crippen molar-refractivity contribution in [1.29, 1.82) is 0 Å². The van der Waals surface area contributed by atoms with Crippen molar-refractivity contribution >= 4 is 38.7 Å². The summed E-state index contributed by atoms with van der Waals surface area (Å²) >= 11 is 2.60. The van der Waals surface area contributed by atoms with E-state index in [0.29, 0.717) is 17.2 Å². The van der Waals surface area contributed by atoms with Crippen molar-refractivity contribution in [3.8, 4) is 10.6 Å². The zero-order chi connectivity index (χ0) is 20.3. The van der Waals surface area contributed by atoms with E-state index in [1.807, 2.05) is 31.4 Å². The Bertz CT molecular complexity index is 1040. The lowest BCUT2D eigenvalue weighted by Gasteiger charge is -2.24. The number of hydrogen-bond donors (Lipinski definition) is 0. The maximum Gasteiger partial charge on any atom is 0.360 e. The van der Waals surface area contributed by atoms with Crippen LogP contribution >= 0.6 is 22.7 Å². The Kier molecular flexibility index (Phi) is 6.33. The van der Waals surface area contributed by atoms with Crippen LogP contribution in [0.25, 0.3) is 10.6 Å². The second-order valence-electron chi connectivity index (χ2n) is 6.14. The highest BCUT2D eigenvalue weighted by atomic mass is 32.2.